The summed E-state index contributed by atoms with van der Waals surface area (Å²) in [6.45, 7) is 8.99. The van der Waals surface area contributed by atoms with Crippen LogP contribution in [0.5, 0.6) is 0 Å². The highest BCUT2D eigenvalue weighted by molar-refractivity contribution is 5.71. The van der Waals surface area contributed by atoms with E-state index in [1.165, 1.54) is 0 Å². The Morgan fingerprint density at radius 3 is 2.58 bits per heavy atom. The number of fused-ring (bicyclic) bond motifs is 1. The van der Waals surface area contributed by atoms with Crippen molar-refractivity contribution in [2.75, 3.05) is 13.1 Å². The SMILES string of the molecule is CC1CC2(NC(=O)OC(C)(C)C)CN(C(=O)OCc3ccccc3)CC12. The van der Waals surface area contributed by atoms with Crippen LogP contribution < -0.4 is 5.32 Å². The Hall–Kier alpha value is -2.24. The van der Waals surface area contributed by atoms with Crippen molar-refractivity contribution >= 4 is 12.2 Å². The number of rotatable bonds is 3. The first kappa shape index (κ1) is 18.5. The van der Waals surface area contributed by atoms with E-state index in [0.29, 0.717) is 19.0 Å². The normalized spacial score (nSPS) is 27.3. The van der Waals surface area contributed by atoms with E-state index in [1.807, 2.05) is 51.1 Å². The summed E-state index contributed by atoms with van der Waals surface area (Å²) in [6.07, 6.45) is 0.0917. The standard InChI is InChI=1S/C20H28N2O4/c1-14-10-20(21-17(23)26-19(2,3)4)13-22(11-16(14)20)18(24)25-12-15-8-6-5-7-9-15/h5-9,14,16H,10-13H2,1-4H3,(H,21,23). The third-order valence-corrected chi connectivity index (χ3v) is 5.19. The summed E-state index contributed by atoms with van der Waals surface area (Å²) < 4.78 is 10.8. The van der Waals surface area contributed by atoms with Gasteiger partial charge in [0.15, 0.2) is 0 Å². The first-order chi connectivity index (χ1) is 12.2. The Kier molecular flexibility index (Phi) is 4.86. The van der Waals surface area contributed by atoms with Crippen LogP contribution in [-0.2, 0) is 16.1 Å². The van der Waals surface area contributed by atoms with Crippen LogP contribution in [0, 0.1) is 11.8 Å². The van der Waals surface area contributed by atoms with Crippen LogP contribution in [0.2, 0.25) is 0 Å². The van der Waals surface area contributed by atoms with E-state index in [9.17, 15) is 9.59 Å². The first-order valence-corrected chi connectivity index (χ1v) is 9.15. The maximum Gasteiger partial charge on any atom is 0.410 e. The molecule has 1 N–H and O–H groups in total. The second-order valence-electron chi connectivity index (χ2n) is 8.49. The second kappa shape index (κ2) is 6.82. The van der Waals surface area contributed by atoms with Gasteiger partial charge in [0.2, 0.25) is 0 Å². The van der Waals surface area contributed by atoms with Crippen molar-refractivity contribution in [2.24, 2.45) is 11.8 Å². The van der Waals surface area contributed by atoms with Gasteiger partial charge in [0.05, 0.1) is 5.54 Å². The number of alkyl carbamates (subject to hydrolysis) is 1. The maximum atomic E-state index is 12.5. The molecule has 6 nitrogen and oxygen atoms in total. The number of ether oxygens (including phenoxy) is 2. The quantitative estimate of drug-likeness (QED) is 0.895. The number of hydrogen-bond donors (Lipinski definition) is 1. The summed E-state index contributed by atoms with van der Waals surface area (Å²) in [5.74, 6) is 0.691. The second-order valence-corrected chi connectivity index (χ2v) is 8.49. The molecule has 3 rings (SSSR count). The molecule has 26 heavy (non-hydrogen) atoms. The summed E-state index contributed by atoms with van der Waals surface area (Å²) in [4.78, 5) is 26.4. The summed E-state index contributed by atoms with van der Waals surface area (Å²) in [5.41, 5.74) is 0.0180. The number of carbonyl (C=O) groups excluding carboxylic acids is 2. The molecular weight excluding hydrogens is 332 g/mol. The zero-order valence-corrected chi connectivity index (χ0v) is 16.0. The molecule has 2 aliphatic rings. The molecule has 1 saturated heterocycles. The molecule has 142 valence electrons. The Labute approximate surface area is 154 Å². The summed E-state index contributed by atoms with van der Waals surface area (Å²) in [6, 6.07) is 9.61. The van der Waals surface area contributed by atoms with Gasteiger partial charge < -0.3 is 19.7 Å². The van der Waals surface area contributed by atoms with E-state index in [4.69, 9.17) is 9.47 Å². The number of hydrogen-bond acceptors (Lipinski definition) is 4. The molecule has 6 heteroatoms. The lowest BCUT2D eigenvalue weighted by Crippen LogP contribution is -2.64. The lowest BCUT2D eigenvalue weighted by atomic mass is 9.62. The molecule has 1 aromatic carbocycles. The molecule has 2 amide bonds. The fourth-order valence-corrected chi connectivity index (χ4v) is 4.07. The van der Waals surface area contributed by atoms with Gasteiger partial charge in [-0.15, -0.1) is 0 Å². The molecule has 0 bridgehead atoms. The van der Waals surface area contributed by atoms with Gasteiger partial charge >= 0.3 is 12.2 Å². The molecule has 1 saturated carbocycles. The smallest absolute Gasteiger partial charge is 0.410 e. The van der Waals surface area contributed by atoms with E-state index in [0.717, 1.165) is 12.0 Å². The van der Waals surface area contributed by atoms with Crippen molar-refractivity contribution in [2.45, 2.75) is 51.9 Å². The van der Waals surface area contributed by atoms with Gasteiger partial charge in [-0.2, -0.15) is 0 Å². The number of nitrogens with one attached hydrogen (secondary N) is 1. The number of carbonyl (C=O) groups is 2. The van der Waals surface area contributed by atoms with E-state index < -0.39 is 17.2 Å². The average molecular weight is 360 g/mol. The average Bonchev–Trinajstić information content (AvgIpc) is 2.84. The largest absolute Gasteiger partial charge is 0.445 e. The van der Waals surface area contributed by atoms with Crippen molar-refractivity contribution < 1.29 is 19.1 Å². The van der Waals surface area contributed by atoms with Gasteiger partial charge in [0.1, 0.15) is 12.2 Å². The van der Waals surface area contributed by atoms with Gasteiger partial charge in [-0.05, 0) is 38.7 Å². The molecule has 0 aromatic heterocycles. The molecule has 0 spiro atoms. The van der Waals surface area contributed by atoms with Crippen LogP contribution in [0.4, 0.5) is 9.59 Å². The van der Waals surface area contributed by atoms with Gasteiger partial charge in [0.25, 0.3) is 0 Å². The van der Waals surface area contributed by atoms with E-state index in [2.05, 4.69) is 12.2 Å². The number of nitrogens with zero attached hydrogens (tertiary/aromatic N) is 1. The summed E-state index contributed by atoms with van der Waals surface area (Å²) in [7, 11) is 0. The third kappa shape index (κ3) is 3.94. The van der Waals surface area contributed by atoms with Crippen LogP contribution in [0.15, 0.2) is 30.3 Å². The van der Waals surface area contributed by atoms with Crippen LogP contribution in [0.3, 0.4) is 0 Å². The predicted molar refractivity (Wildman–Crippen MR) is 97.6 cm³/mol. The molecule has 3 atom stereocenters. The maximum absolute atomic E-state index is 12.5. The van der Waals surface area contributed by atoms with Gasteiger partial charge in [-0.3, -0.25) is 0 Å². The predicted octanol–water partition coefficient (Wildman–Crippen LogP) is 3.56. The number of benzene rings is 1. The first-order valence-electron chi connectivity index (χ1n) is 9.15. The molecule has 3 unspecified atom stereocenters. The molecule has 2 fully saturated rings. The molecular formula is C20H28N2O4. The van der Waals surface area contributed by atoms with E-state index in [-0.39, 0.29) is 18.6 Å². The Morgan fingerprint density at radius 2 is 1.96 bits per heavy atom. The molecule has 1 aliphatic carbocycles. The van der Waals surface area contributed by atoms with Crippen LogP contribution >= 0.6 is 0 Å². The van der Waals surface area contributed by atoms with Gasteiger partial charge in [0, 0.05) is 19.0 Å². The highest BCUT2D eigenvalue weighted by atomic mass is 16.6. The third-order valence-electron chi connectivity index (χ3n) is 5.19. The van der Waals surface area contributed by atoms with Gasteiger partial charge in [-0.25, -0.2) is 9.59 Å². The van der Waals surface area contributed by atoms with Crippen molar-refractivity contribution in [3.05, 3.63) is 35.9 Å². The summed E-state index contributed by atoms with van der Waals surface area (Å²) in [5, 5.41) is 3.03. The van der Waals surface area contributed by atoms with Gasteiger partial charge in [-0.1, -0.05) is 37.3 Å². The van der Waals surface area contributed by atoms with Crippen LogP contribution in [0.1, 0.15) is 39.7 Å². The number of amides is 2. The fourth-order valence-electron chi connectivity index (χ4n) is 4.07. The van der Waals surface area contributed by atoms with E-state index >= 15 is 0 Å². The highest BCUT2D eigenvalue weighted by Crippen LogP contribution is 2.49. The zero-order chi connectivity index (χ0) is 18.9. The Balaban J connectivity index is 1.58. The fraction of sp³-hybridized carbons (Fsp3) is 0.600. The number of likely N-dealkylation sites (tertiary alicyclic amines) is 1. The van der Waals surface area contributed by atoms with Crippen molar-refractivity contribution in [1.82, 2.24) is 10.2 Å². The van der Waals surface area contributed by atoms with E-state index in [1.54, 1.807) is 4.90 Å². The molecule has 1 aromatic rings. The molecule has 0 radical (unpaired) electrons. The monoisotopic (exact) mass is 360 g/mol. The Morgan fingerprint density at radius 1 is 1.27 bits per heavy atom. The zero-order valence-electron chi connectivity index (χ0n) is 16.0. The molecule has 1 aliphatic heterocycles. The van der Waals surface area contributed by atoms with Crippen molar-refractivity contribution in [3.63, 3.8) is 0 Å². The minimum atomic E-state index is -0.543. The van der Waals surface area contributed by atoms with Crippen LogP contribution in [0.25, 0.3) is 0 Å². The van der Waals surface area contributed by atoms with Crippen molar-refractivity contribution in [1.29, 1.82) is 0 Å². The minimum Gasteiger partial charge on any atom is -0.445 e. The lowest BCUT2D eigenvalue weighted by molar-refractivity contribution is 0.0172. The highest BCUT2D eigenvalue weighted by Gasteiger charge is 2.59. The lowest BCUT2D eigenvalue weighted by Gasteiger charge is -2.49. The Bertz CT molecular complexity index is 670. The van der Waals surface area contributed by atoms with Crippen LogP contribution in [-0.4, -0.2) is 41.3 Å². The van der Waals surface area contributed by atoms with Crippen molar-refractivity contribution in [3.8, 4) is 0 Å². The minimum absolute atomic E-state index is 0.235. The summed E-state index contributed by atoms with van der Waals surface area (Å²) >= 11 is 0. The topological polar surface area (TPSA) is 67.9 Å². The molecule has 1 heterocycles.